The molecule has 1 N–H and O–H groups in total. The van der Waals surface area contributed by atoms with Crippen molar-refractivity contribution in [3.05, 3.63) is 63.6 Å². The van der Waals surface area contributed by atoms with E-state index in [0.29, 0.717) is 6.54 Å². The van der Waals surface area contributed by atoms with Crippen LogP contribution in [0.4, 0.5) is 0 Å². The lowest BCUT2D eigenvalue weighted by Gasteiger charge is -2.26. The summed E-state index contributed by atoms with van der Waals surface area (Å²) in [5.41, 5.74) is 1.98. The van der Waals surface area contributed by atoms with E-state index in [2.05, 4.69) is 11.4 Å². The largest absolute Gasteiger partial charge is 0.488 e. The molecule has 1 saturated heterocycles. The molecular weight excluding hydrogens is 390 g/mol. The first-order chi connectivity index (χ1) is 13.5. The minimum atomic E-state index is -0.231. The predicted molar refractivity (Wildman–Crippen MR) is 115 cm³/mol. The van der Waals surface area contributed by atoms with Crippen molar-refractivity contribution in [2.45, 2.75) is 38.3 Å². The van der Waals surface area contributed by atoms with Gasteiger partial charge in [0.15, 0.2) is 0 Å². The number of aryl methyl sites for hydroxylation is 1. The first-order valence-corrected chi connectivity index (χ1v) is 9.97. The van der Waals surface area contributed by atoms with Gasteiger partial charge in [0.25, 0.3) is 11.5 Å². The van der Waals surface area contributed by atoms with Crippen molar-refractivity contribution in [2.75, 3.05) is 26.7 Å². The summed E-state index contributed by atoms with van der Waals surface area (Å²) < 4.78 is 7.71. The fourth-order valence-electron chi connectivity index (χ4n) is 4.21. The van der Waals surface area contributed by atoms with Crippen LogP contribution in [0.2, 0.25) is 0 Å². The molecule has 1 atom stereocenters. The Balaban J connectivity index is 0.00000240. The van der Waals surface area contributed by atoms with E-state index in [0.717, 1.165) is 49.2 Å². The minimum Gasteiger partial charge on any atom is -0.488 e. The summed E-state index contributed by atoms with van der Waals surface area (Å²) in [6.07, 6.45) is 4.34. The first kappa shape index (κ1) is 21.4. The number of hydrogen-bond acceptors (Lipinski definition) is 4. The quantitative estimate of drug-likeness (QED) is 0.830. The van der Waals surface area contributed by atoms with Crippen molar-refractivity contribution in [3.63, 3.8) is 0 Å². The van der Waals surface area contributed by atoms with Gasteiger partial charge in [-0.05, 0) is 56.1 Å². The lowest BCUT2D eigenvalue weighted by molar-refractivity contribution is 0.0727. The number of benzene rings is 1. The standard InChI is InChI=1S/C22H27N3O3.ClH/c1-15-9-12-25(17-7-10-23-11-8-17)22(27)20(15)21(26)24(2)14-18-13-16-5-3-4-6-19(16)28-18;/h3-6,9,12,17-18,23H,7-8,10-11,13-14H2,1-2H3;1H. The molecule has 1 unspecified atom stereocenters. The van der Waals surface area contributed by atoms with E-state index >= 15 is 0 Å². The summed E-state index contributed by atoms with van der Waals surface area (Å²) in [4.78, 5) is 27.9. The molecule has 1 aromatic heterocycles. The van der Waals surface area contributed by atoms with Crippen LogP contribution >= 0.6 is 12.4 Å². The molecule has 2 aliphatic heterocycles. The lowest BCUT2D eigenvalue weighted by atomic mass is 10.0. The van der Waals surface area contributed by atoms with Crippen molar-refractivity contribution in [1.29, 1.82) is 0 Å². The van der Waals surface area contributed by atoms with Crippen LogP contribution in [0.3, 0.4) is 0 Å². The number of piperidine rings is 1. The van der Waals surface area contributed by atoms with Crippen molar-refractivity contribution in [3.8, 4) is 5.75 Å². The van der Waals surface area contributed by atoms with Gasteiger partial charge in [0.2, 0.25) is 0 Å². The second kappa shape index (κ2) is 9.01. The molecule has 0 bridgehead atoms. The van der Waals surface area contributed by atoms with E-state index in [1.54, 1.807) is 16.5 Å². The fraction of sp³-hybridized carbons (Fsp3) is 0.455. The van der Waals surface area contributed by atoms with Gasteiger partial charge in [0, 0.05) is 25.7 Å². The van der Waals surface area contributed by atoms with Crippen molar-refractivity contribution in [1.82, 2.24) is 14.8 Å². The molecule has 0 spiro atoms. The second-order valence-electron chi connectivity index (χ2n) is 7.80. The van der Waals surface area contributed by atoms with Gasteiger partial charge in [-0.2, -0.15) is 0 Å². The number of carbonyl (C=O) groups excluding carboxylic acids is 1. The Kier molecular flexibility index (Phi) is 6.65. The van der Waals surface area contributed by atoms with Gasteiger partial charge in [-0.3, -0.25) is 9.59 Å². The number of nitrogens with one attached hydrogen (secondary N) is 1. The summed E-state index contributed by atoms with van der Waals surface area (Å²) >= 11 is 0. The lowest BCUT2D eigenvalue weighted by Crippen LogP contribution is -2.41. The van der Waals surface area contributed by atoms with Crippen molar-refractivity contribution >= 4 is 18.3 Å². The van der Waals surface area contributed by atoms with E-state index in [9.17, 15) is 9.59 Å². The maximum Gasteiger partial charge on any atom is 0.263 e. The molecule has 4 rings (SSSR count). The Hall–Kier alpha value is -2.31. The van der Waals surface area contributed by atoms with E-state index < -0.39 is 0 Å². The Morgan fingerprint density at radius 3 is 2.69 bits per heavy atom. The molecule has 156 valence electrons. The molecule has 7 heteroatoms. The average Bonchev–Trinajstić information content (AvgIpc) is 3.11. The zero-order valence-electron chi connectivity index (χ0n) is 16.9. The predicted octanol–water partition coefficient (Wildman–Crippen LogP) is 2.58. The third-order valence-electron chi connectivity index (χ3n) is 5.78. The molecule has 2 aromatic rings. The van der Waals surface area contributed by atoms with Gasteiger partial charge in [0.1, 0.15) is 17.4 Å². The summed E-state index contributed by atoms with van der Waals surface area (Å²) in [6.45, 7) is 4.08. The van der Waals surface area contributed by atoms with Crippen LogP contribution in [0.25, 0.3) is 0 Å². The number of carbonyl (C=O) groups is 1. The molecule has 0 radical (unpaired) electrons. The first-order valence-electron chi connectivity index (χ1n) is 9.97. The minimum absolute atomic E-state index is 0. The maximum atomic E-state index is 13.1. The van der Waals surface area contributed by atoms with Crippen LogP contribution in [0.5, 0.6) is 5.75 Å². The van der Waals surface area contributed by atoms with Crippen LogP contribution in [-0.2, 0) is 6.42 Å². The summed E-state index contributed by atoms with van der Waals surface area (Å²) in [5.74, 6) is 0.655. The van der Waals surface area contributed by atoms with Gasteiger partial charge in [-0.15, -0.1) is 12.4 Å². The molecule has 0 saturated carbocycles. The highest BCUT2D eigenvalue weighted by atomic mass is 35.5. The van der Waals surface area contributed by atoms with E-state index in [1.807, 2.05) is 37.4 Å². The molecule has 1 aromatic carbocycles. The molecule has 3 heterocycles. The van der Waals surface area contributed by atoms with Gasteiger partial charge in [-0.1, -0.05) is 18.2 Å². The number of aromatic nitrogens is 1. The van der Waals surface area contributed by atoms with Gasteiger partial charge in [0.05, 0.1) is 6.54 Å². The Morgan fingerprint density at radius 2 is 1.97 bits per heavy atom. The smallest absolute Gasteiger partial charge is 0.263 e. The van der Waals surface area contributed by atoms with Crippen LogP contribution in [0.15, 0.2) is 41.3 Å². The Bertz CT molecular complexity index is 912. The SMILES string of the molecule is Cc1ccn(C2CCNCC2)c(=O)c1C(=O)N(C)CC1Cc2ccccc2O1.Cl. The number of halogens is 1. The number of pyridine rings is 1. The number of para-hydroxylation sites is 1. The number of likely N-dealkylation sites (N-methyl/N-ethyl adjacent to an activating group) is 1. The average molecular weight is 418 g/mol. The van der Waals surface area contributed by atoms with Gasteiger partial charge >= 0.3 is 0 Å². The second-order valence-corrected chi connectivity index (χ2v) is 7.80. The molecule has 1 fully saturated rings. The van der Waals surface area contributed by atoms with Crippen molar-refractivity contribution in [2.24, 2.45) is 0 Å². The summed E-state index contributed by atoms with van der Waals surface area (Å²) in [6, 6.07) is 9.99. The fourth-order valence-corrected chi connectivity index (χ4v) is 4.21. The zero-order chi connectivity index (χ0) is 19.7. The van der Waals surface area contributed by atoms with Gasteiger partial charge in [-0.25, -0.2) is 0 Å². The van der Waals surface area contributed by atoms with E-state index in [4.69, 9.17) is 4.74 Å². The highest BCUT2D eigenvalue weighted by Gasteiger charge is 2.28. The number of rotatable bonds is 4. The topological polar surface area (TPSA) is 63.6 Å². The molecular formula is C22H28ClN3O3. The van der Waals surface area contributed by atoms with E-state index in [1.165, 1.54) is 0 Å². The highest BCUT2D eigenvalue weighted by Crippen LogP contribution is 2.28. The number of ether oxygens (including phenoxy) is 1. The highest BCUT2D eigenvalue weighted by molar-refractivity contribution is 5.95. The maximum absolute atomic E-state index is 13.1. The molecule has 0 aliphatic carbocycles. The Labute approximate surface area is 177 Å². The zero-order valence-corrected chi connectivity index (χ0v) is 17.7. The molecule has 2 aliphatic rings. The van der Waals surface area contributed by atoms with Crippen LogP contribution in [0, 0.1) is 6.92 Å². The molecule has 1 amide bonds. The number of fused-ring (bicyclic) bond motifs is 1. The van der Waals surface area contributed by atoms with Gasteiger partial charge < -0.3 is 19.5 Å². The third-order valence-corrected chi connectivity index (χ3v) is 5.78. The van der Waals surface area contributed by atoms with E-state index in [-0.39, 0.29) is 41.6 Å². The van der Waals surface area contributed by atoms with Crippen molar-refractivity contribution < 1.29 is 9.53 Å². The van der Waals surface area contributed by atoms with Crippen LogP contribution < -0.4 is 15.6 Å². The third kappa shape index (κ3) is 4.33. The summed E-state index contributed by atoms with van der Waals surface area (Å²) in [7, 11) is 1.75. The summed E-state index contributed by atoms with van der Waals surface area (Å²) in [5, 5.41) is 3.31. The van der Waals surface area contributed by atoms with Crippen LogP contribution in [-0.4, -0.2) is 48.2 Å². The molecule has 6 nitrogen and oxygen atoms in total. The number of hydrogen-bond donors (Lipinski definition) is 1. The Morgan fingerprint density at radius 1 is 1.24 bits per heavy atom. The molecule has 29 heavy (non-hydrogen) atoms. The van der Waals surface area contributed by atoms with Crippen LogP contribution in [0.1, 0.15) is 40.4 Å². The normalized spacial score (nSPS) is 18.5. The number of nitrogens with zero attached hydrogens (tertiary/aromatic N) is 2. The number of amides is 1. The monoisotopic (exact) mass is 417 g/mol.